The van der Waals surface area contributed by atoms with E-state index >= 15 is 0 Å². The molecule has 29 heavy (non-hydrogen) atoms. The smallest absolute Gasteiger partial charge is 0.275 e. The Morgan fingerprint density at radius 3 is 2.93 bits per heavy atom. The molecule has 1 amide bonds. The molecule has 1 aliphatic rings. The maximum atomic E-state index is 12.6. The second kappa shape index (κ2) is 7.25. The monoisotopic (exact) mass is 386 g/mol. The average Bonchev–Trinajstić information content (AvgIpc) is 3.33. The average molecular weight is 386 g/mol. The standard InChI is InChI=1S/C22H22N6O/c1-14-3-2-6-28(14)13-18-7-17-12-25-21(9-19(17)26-18)27-22(29)20-8-16-10-23-5-4-15(16)11-24-20/h4-5,7-12,14,26H,2-3,6,13H2,1H3,(H,25,27,29)/t14-/m0/s1. The van der Waals surface area contributed by atoms with Crippen LogP contribution >= 0.6 is 0 Å². The van der Waals surface area contributed by atoms with Crippen molar-refractivity contribution in [2.45, 2.75) is 32.4 Å². The number of hydrogen-bond acceptors (Lipinski definition) is 5. The van der Waals surface area contributed by atoms with Gasteiger partial charge in [0.1, 0.15) is 11.5 Å². The minimum Gasteiger partial charge on any atom is -0.357 e. The fourth-order valence-corrected chi connectivity index (χ4v) is 3.97. The van der Waals surface area contributed by atoms with Crippen LogP contribution in [0.4, 0.5) is 5.82 Å². The van der Waals surface area contributed by atoms with Crippen molar-refractivity contribution in [1.29, 1.82) is 0 Å². The van der Waals surface area contributed by atoms with E-state index in [1.165, 1.54) is 18.5 Å². The van der Waals surface area contributed by atoms with Gasteiger partial charge in [-0.2, -0.15) is 0 Å². The molecule has 0 radical (unpaired) electrons. The van der Waals surface area contributed by atoms with Crippen LogP contribution in [0, 0.1) is 0 Å². The number of fused-ring (bicyclic) bond motifs is 2. The van der Waals surface area contributed by atoms with Crippen molar-refractivity contribution in [3.05, 3.63) is 60.4 Å². The van der Waals surface area contributed by atoms with Crippen LogP contribution in [0.25, 0.3) is 21.7 Å². The van der Waals surface area contributed by atoms with Gasteiger partial charge in [-0.3, -0.25) is 19.7 Å². The lowest BCUT2D eigenvalue weighted by Crippen LogP contribution is -2.26. The van der Waals surface area contributed by atoms with Crippen molar-refractivity contribution in [3.8, 4) is 0 Å². The SMILES string of the molecule is C[C@H]1CCCN1Cc1cc2cnc(NC(=O)c3cc4cnccc4cn3)cc2[nH]1. The largest absolute Gasteiger partial charge is 0.357 e. The lowest BCUT2D eigenvalue weighted by molar-refractivity contribution is 0.102. The van der Waals surface area contributed by atoms with Crippen LogP contribution in [-0.4, -0.2) is 43.3 Å². The zero-order valence-electron chi connectivity index (χ0n) is 16.2. The van der Waals surface area contributed by atoms with E-state index in [1.807, 2.05) is 12.1 Å². The number of hydrogen-bond donors (Lipinski definition) is 2. The molecule has 1 atom stereocenters. The van der Waals surface area contributed by atoms with E-state index in [1.54, 1.807) is 30.9 Å². The van der Waals surface area contributed by atoms with Crippen LogP contribution in [0.1, 0.15) is 35.9 Å². The number of H-pyrrole nitrogens is 1. The summed E-state index contributed by atoms with van der Waals surface area (Å²) < 4.78 is 0. The van der Waals surface area contributed by atoms with E-state index < -0.39 is 0 Å². The Labute approximate surface area is 168 Å². The maximum Gasteiger partial charge on any atom is 0.275 e. The van der Waals surface area contributed by atoms with Gasteiger partial charge in [0.2, 0.25) is 0 Å². The van der Waals surface area contributed by atoms with Crippen LogP contribution in [0.3, 0.4) is 0 Å². The molecule has 0 saturated carbocycles. The van der Waals surface area contributed by atoms with Crippen LogP contribution in [0.15, 0.2) is 49.1 Å². The normalized spacial score (nSPS) is 17.2. The minimum absolute atomic E-state index is 0.291. The molecule has 7 heteroatoms. The summed E-state index contributed by atoms with van der Waals surface area (Å²) in [7, 11) is 0. The number of aromatic nitrogens is 4. The molecule has 0 unspecified atom stereocenters. The van der Waals surface area contributed by atoms with Gasteiger partial charge in [0.05, 0.1) is 5.52 Å². The fourth-order valence-electron chi connectivity index (χ4n) is 3.97. The third-order valence-electron chi connectivity index (χ3n) is 5.62. The summed E-state index contributed by atoms with van der Waals surface area (Å²) in [6.45, 7) is 4.33. The summed E-state index contributed by atoms with van der Waals surface area (Å²) in [5.41, 5.74) is 2.47. The van der Waals surface area contributed by atoms with Crippen molar-refractivity contribution in [1.82, 2.24) is 24.8 Å². The van der Waals surface area contributed by atoms with E-state index in [0.717, 1.165) is 34.8 Å². The lowest BCUT2D eigenvalue weighted by atomic mass is 10.2. The Morgan fingerprint density at radius 2 is 2.07 bits per heavy atom. The number of pyridine rings is 3. The van der Waals surface area contributed by atoms with Gasteiger partial charge in [0.25, 0.3) is 5.91 Å². The molecular formula is C22H22N6O. The first-order valence-corrected chi connectivity index (χ1v) is 9.88. The number of carbonyl (C=O) groups is 1. The summed E-state index contributed by atoms with van der Waals surface area (Å²) in [5, 5.41) is 5.71. The van der Waals surface area contributed by atoms with Gasteiger partial charge in [-0.15, -0.1) is 0 Å². The van der Waals surface area contributed by atoms with E-state index in [9.17, 15) is 4.79 Å². The van der Waals surface area contributed by atoms with E-state index in [0.29, 0.717) is 17.6 Å². The van der Waals surface area contributed by atoms with E-state index in [4.69, 9.17) is 0 Å². The Bertz CT molecular complexity index is 1200. The predicted molar refractivity (Wildman–Crippen MR) is 113 cm³/mol. The molecule has 1 saturated heterocycles. The van der Waals surface area contributed by atoms with Crippen LogP contribution in [0.2, 0.25) is 0 Å². The molecule has 2 N–H and O–H groups in total. The van der Waals surface area contributed by atoms with Crippen LogP contribution < -0.4 is 5.32 Å². The summed E-state index contributed by atoms with van der Waals surface area (Å²) in [4.78, 5) is 31.3. The molecule has 5 rings (SSSR count). The van der Waals surface area contributed by atoms with Crippen molar-refractivity contribution < 1.29 is 4.79 Å². The van der Waals surface area contributed by atoms with Crippen molar-refractivity contribution in [2.75, 3.05) is 11.9 Å². The number of nitrogens with one attached hydrogen (secondary N) is 2. The second-order valence-electron chi connectivity index (χ2n) is 7.66. The number of rotatable bonds is 4. The molecule has 0 bridgehead atoms. The zero-order valence-corrected chi connectivity index (χ0v) is 16.2. The lowest BCUT2D eigenvalue weighted by Gasteiger charge is -2.19. The summed E-state index contributed by atoms with van der Waals surface area (Å²) in [6.07, 6.45) is 9.42. The van der Waals surface area contributed by atoms with Gasteiger partial charge in [-0.05, 0) is 44.5 Å². The highest BCUT2D eigenvalue weighted by Gasteiger charge is 2.20. The van der Waals surface area contributed by atoms with Crippen molar-refractivity contribution >= 4 is 33.4 Å². The Morgan fingerprint density at radius 1 is 1.17 bits per heavy atom. The fraction of sp³-hybridized carbons (Fsp3) is 0.273. The van der Waals surface area contributed by atoms with E-state index in [2.05, 4.69) is 43.1 Å². The number of aromatic amines is 1. The molecule has 4 aromatic rings. The first-order valence-electron chi connectivity index (χ1n) is 9.88. The third-order valence-corrected chi connectivity index (χ3v) is 5.62. The molecule has 0 aromatic carbocycles. The summed E-state index contributed by atoms with van der Waals surface area (Å²) in [6, 6.07) is 8.23. The maximum absolute atomic E-state index is 12.6. The highest BCUT2D eigenvalue weighted by Crippen LogP contribution is 2.23. The minimum atomic E-state index is -0.291. The molecule has 5 heterocycles. The molecule has 0 aliphatic carbocycles. The van der Waals surface area contributed by atoms with E-state index in [-0.39, 0.29) is 5.91 Å². The van der Waals surface area contributed by atoms with Crippen molar-refractivity contribution in [3.63, 3.8) is 0 Å². The first-order chi connectivity index (χ1) is 14.2. The molecule has 146 valence electrons. The Kier molecular flexibility index (Phi) is 4.44. The highest BCUT2D eigenvalue weighted by molar-refractivity contribution is 6.04. The van der Waals surface area contributed by atoms with Gasteiger partial charge >= 0.3 is 0 Å². The second-order valence-corrected chi connectivity index (χ2v) is 7.66. The topological polar surface area (TPSA) is 86.8 Å². The Hall–Kier alpha value is -3.32. The van der Waals surface area contributed by atoms with Gasteiger partial charge in [0.15, 0.2) is 0 Å². The van der Waals surface area contributed by atoms with Crippen molar-refractivity contribution in [2.24, 2.45) is 0 Å². The zero-order chi connectivity index (χ0) is 19.8. The summed E-state index contributed by atoms with van der Waals surface area (Å²) in [5.74, 6) is 0.207. The molecule has 1 aliphatic heterocycles. The van der Waals surface area contributed by atoms with Gasteiger partial charge in [-0.25, -0.2) is 4.98 Å². The number of carbonyl (C=O) groups excluding carboxylic acids is 1. The number of anilines is 1. The number of nitrogens with zero attached hydrogens (tertiary/aromatic N) is 4. The van der Waals surface area contributed by atoms with Gasteiger partial charge in [0, 0.05) is 65.3 Å². The van der Waals surface area contributed by atoms with Crippen LogP contribution in [0.5, 0.6) is 0 Å². The molecule has 0 spiro atoms. The number of likely N-dealkylation sites (tertiary alicyclic amines) is 1. The number of amides is 1. The molecule has 7 nitrogen and oxygen atoms in total. The predicted octanol–water partition coefficient (Wildman–Crippen LogP) is 3.74. The molecular weight excluding hydrogens is 364 g/mol. The molecule has 4 aromatic heterocycles. The quantitative estimate of drug-likeness (QED) is 0.558. The highest BCUT2D eigenvalue weighted by atomic mass is 16.1. The van der Waals surface area contributed by atoms with Crippen LogP contribution in [-0.2, 0) is 6.54 Å². The molecule has 1 fully saturated rings. The first kappa shape index (κ1) is 17.8. The van der Waals surface area contributed by atoms with Gasteiger partial charge < -0.3 is 10.3 Å². The third kappa shape index (κ3) is 3.56. The van der Waals surface area contributed by atoms with Gasteiger partial charge in [-0.1, -0.05) is 0 Å². The Balaban J connectivity index is 1.34. The summed E-state index contributed by atoms with van der Waals surface area (Å²) >= 11 is 0.